The lowest BCUT2D eigenvalue weighted by Gasteiger charge is -2.17. The quantitative estimate of drug-likeness (QED) is 0.732. The Balaban J connectivity index is 2.64. The summed E-state index contributed by atoms with van der Waals surface area (Å²) in [4.78, 5) is 10.1. The fourth-order valence-corrected chi connectivity index (χ4v) is 1.09. The topological polar surface area (TPSA) is 64.3 Å². The van der Waals surface area contributed by atoms with Crippen molar-refractivity contribution in [3.05, 3.63) is 12.4 Å². The van der Waals surface area contributed by atoms with Gasteiger partial charge in [-0.3, -0.25) is 0 Å². The average Bonchev–Trinajstić information content (AvgIpc) is 2.26. The number of nitrogens with two attached hydrogens (primary N) is 1. The van der Waals surface area contributed by atoms with E-state index in [0.29, 0.717) is 12.4 Å². The van der Waals surface area contributed by atoms with E-state index in [2.05, 4.69) is 9.97 Å². The van der Waals surface area contributed by atoms with E-state index in [1.807, 2.05) is 11.9 Å². The largest absolute Gasteiger partial charge is 0.481 e. The number of nitrogens with zero attached hydrogens (tertiary/aromatic N) is 3. The van der Waals surface area contributed by atoms with Crippen LogP contribution >= 0.6 is 0 Å². The predicted molar refractivity (Wildman–Crippen MR) is 55.5 cm³/mol. The molecular weight excluding hydrogens is 180 g/mol. The first-order chi connectivity index (χ1) is 6.77. The van der Waals surface area contributed by atoms with Crippen molar-refractivity contribution in [2.45, 2.75) is 6.42 Å². The van der Waals surface area contributed by atoms with Crippen molar-refractivity contribution in [3.8, 4) is 5.88 Å². The molecule has 1 heterocycles. The maximum absolute atomic E-state index is 5.43. The van der Waals surface area contributed by atoms with Crippen LogP contribution in [0, 0.1) is 0 Å². The lowest BCUT2D eigenvalue weighted by Crippen LogP contribution is -2.22. The zero-order valence-electron chi connectivity index (χ0n) is 8.60. The standard InChI is InChI=1S/C9H16N4O/c1-13(5-3-4-10)8-6-9(14-2)12-7-11-8/h6-7H,3-5,10H2,1-2H3. The van der Waals surface area contributed by atoms with E-state index in [1.165, 1.54) is 6.33 Å². The van der Waals surface area contributed by atoms with E-state index in [9.17, 15) is 0 Å². The smallest absolute Gasteiger partial charge is 0.218 e. The van der Waals surface area contributed by atoms with Crippen molar-refractivity contribution in [2.24, 2.45) is 5.73 Å². The Morgan fingerprint density at radius 3 is 2.93 bits per heavy atom. The summed E-state index contributed by atoms with van der Waals surface area (Å²) in [5.74, 6) is 1.43. The van der Waals surface area contributed by atoms with Crippen LogP contribution < -0.4 is 15.4 Å². The van der Waals surface area contributed by atoms with Crippen molar-refractivity contribution in [3.63, 3.8) is 0 Å². The Kier molecular flexibility index (Phi) is 4.12. The maximum Gasteiger partial charge on any atom is 0.218 e. The molecule has 0 amide bonds. The van der Waals surface area contributed by atoms with Crippen molar-refractivity contribution in [1.82, 2.24) is 9.97 Å². The van der Waals surface area contributed by atoms with Crippen LogP contribution in [0.2, 0.25) is 0 Å². The van der Waals surface area contributed by atoms with Crippen LogP contribution in [0.1, 0.15) is 6.42 Å². The van der Waals surface area contributed by atoms with Gasteiger partial charge >= 0.3 is 0 Å². The molecule has 0 bridgehead atoms. The van der Waals surface area contributed by atoms with Gasteiger partial charge in [-0.1, -0.05) is 0 Å². The first-order valence-electron chi connectivity index (χ1n) is 4.55. The molecule has 1 rings (SSSR count). The van der Waals surface area contributed by atoms with Gasteiger partial charge in [0, 0.05) is 19.7 Å². The second-order valence-corrected chi connectivity index (χ2v) is 2.98. The summed E-state index contributed by atoms with van der Waals surface area (Å²) < 4.78 is 5.01. The highest BCUT2D eigenvalue weighted by Crippen LogP contribution is 2.13. The molecule has 0 saturated carbocycles. The second kappa shape index (κ2) is 5.39. The summed E-state index contributed by atoms with van der Waals surface area (Å²) in [7, 11) is 3.56. The fraction of sp³-hybridized carbons (Fsp3) is 0.556. The third-order valence-corrected chi connectivity index (χ3v) is 1.93. The average molecular weight is 196 g/mol. The van der Waals surface area contributed by atoms with Gasteiger partial charge in [0.05, 0.1) is 7.11 Å². The number of aromatic nitrogens is 2. The Morgan fingerprint density at radius 1 is 1.50 bits per heavy atom. The van der Waals surface area contributed by atoms with Gasteiger partial charge in [0.1, 0.15) is 12.1 Å². The number of ether oxygens (including phenoxy) is 1. The molecule has 0 spiro atoms. The Labute approximate surface area is 83.9 Å². The molecule has 0 fully saturated rings. The molecule has 0 aliphatic heterocycles. The minimum Gasteiger partial charge on any atom is -0.481 e. The molecule has 2 N–H and O–H groups in total. The number of methoxy groups -OCH3 is 1. The number of hydrogen-bond donors (Lipinski definition) is 1. The van der Waals surface area contributed by atoms with Gasteiger partial charge in [-0.25, -0.2) is 9.97 Å². The molecule has 5 nitrogen and oxygen atoms in total. The highest BCUT2D eigenvalue weighted by atomic mass is 16.5. The van der Waals surface area contributed by atoms with E-state index in [0.717, 1.165) is 18.8 Å². The SMILES string of the molecule is COc1cc(N(C)CCCN)ncn1. The highest BCUT2D eigenvalue weighted by molar-refractivity contribution is 5.39. The van der Waals surface area contributed by atoms with E-state index in [1.54, 1.807) is 13.2 Å². The van der Waals surface area contributed by atoms with E-state index < -0.39 is 0 Å². The Hall–Kier alpha value is -1.36. The minimum atomic E-state index is 0.578. The van der Waals surface area contributed by atoms with Gasteiger partial charge in [0.15, 0.2) is 0 Å². The van der Waals surface area contributed by atoms with Crippen LogP contribution in [0.5, 0.6) is 5.88 Å². The van der Waals surface area contributed by atoms with Crippen molar-refractivity contribution < 1.29 is 4.74 Å². The zero-order valence-corrected chi connectivity index (χ0v) is 8.60. The lowest BCUT2D eigenvalue weighted by molar-refractivity contribution is 0.397. The summed E-state index contributed by atoms with van der Waals surface area (Å²) in [6, 6.07) is 1.80. The molecule has 5 heteroatoms. The van der Waals surface area contributed by atoms with Crippen LogP contribution in [-0.4, -0.2) is 37.2 Å². The molecule has 0 aliphatic rings. The lowest BCUT2D eigenvalue weighted by atomic mass is 10.4. The van der Waals surface area contributed by atoms with E-state index in [-0.39, 0.29) is 0 Å². The summed E-state index contributed by atoms with van der Waals surface area (Å²) >= 11 is 0. The van der Waals surface area contributed by atoms with E-state index >= 15 is 0 Å². The van der Waals surface area contributed by atoms with Crippen molar-refractivity contribution in [2.75, 3.05) is 32.1 Å². The number of hydrogen-bond acceptors (Lipinski definition) is 5. The van der Waals surface area contributed by atoms with Crippen LogP contribution in [0.3, 0.4) is 0 Å². The maximum atomic E-state index is 5.43. The molecule has 14 heavy (non-hydrogen) atoms. The van der Waals surface area contributed by atoms with Gasteiger partial charge in [-0.2, -0.15) is 0 Å². The predicted octanol–water partition coefficient (Wildman–Crippen LogP) is 0.270. The molecule has 0 aliphatic carbocycles. The molecule has 0 radical (unpaired) electrons. The third kappa shape index (κ3) is 2.85. The van der Waals surface area contributed by atoms with Gasteiger partial charge < -0.3 is 15.4 Å². The Morgan fingerprint density at radius 2 is 2.29 bits per heavy atom. The molecule has 0 unspecified atom stereocenters. The molecular formula is C9H16N4O. The molecule has 0 aromatic carbocycles. The molecule has 78 valence electrons. The van der Waals surface area contributed by atoms with Crippen LogP contribution in [0.4, 0.5) is 5.82 Å². The van der Waals surface area contributed by atoms with Gasteiger partial charge in [0.25, 0.3) is 0 Å². The number of rotatable bonds is 5. The van der Waals surface area contributed by atoms with Gasteiger partial charge in [-0.05, 0) is 13.0 Å². The summed E-state index contributed by atoms with van der Waals surface area (Å²) in [6.07, 6.45) is 2.44. The van der Waals surface area contributed by atoms with Gasteiger partial charge in [-0.15, -0.1) is 0 Å². The van der Waals surface area contributed by atoms with E-state index in [4.69, 9.17) is 10.5 Å². The fourth-order valence-electron chi connectivity index (χ4n) is 1.09. The first-order valence-corrected chi connectivity index (χ1v) is 4.55. The van der Waals surface area contributed by atoms with Crippen molar-refractivity contribution in [1.29, 1.82) is 0 Å². The summed E-state index contributed by atoms with van der Waals surface area (Å²) in [5.41, 5.74) is 5.43. The van der Waals surface area contributed by atoms with Crippen LogP contribution in [0.25, 0.3) is 0 Å². The van der Waals surface area contributed by atoms with Gasteiger partial charge in [0.2, 0.25) is 5.88 Å². The van der Waals surface area contributed by atoms with Crippen LogP contribution in [-0.2, 0) is 0 Å². The third-order valence-electron chi connectivity index (χ3n) is 1.93. The second-order valence-electron chi connectivity index (χ2n) is 2.98. The molecule has 0 saturated heterocycles. The summed E-state index contributed by atoms with van der Waals surface area (Å²) in [5, 5.41) is 0. The normalized spacial score (nSPS) is 9.93. The number of anilines is 1. The Bertz CT molecular complexity index is 279. The van der Waals surface area contributed by atoms with Crippen LogP contribution in [0.15, 0.2) is 12.4 Å². The van der Waals surface area contributed by atoms with Crippen molar-refractivity contribution >= 4 is 5.82 Å². The molecule has 1 aromatic rings. The minimum absolute atomic E-state index is 0.578. The molecule has 1 aromatic heterocycles. The first kappa shape index (κ1) is 10.7. The summed E-state index contributed by atoms with van der Waals surface area (Å²) in [6.45, 7) is 1.57. The molecule has 0 atom stereocenters. The highest BCUT2D eigenvalue weighted by Gasteiger charge is 2.03. The monoisotopic (exact) mass is 196 g/mol. The zero-order chi connectivity index (χ0) is 10.4.